The number of hydrogen-bond donors (Lipinski definition) is 0. The van der Waals surface area contributed by atoms with Gasteiger partial charge in [-0.3, -0.25) is 0 Å². The number of ether oxygens (including phenoxy) is 8. The summed E-state index contributed by atoms with van der Waals surface area (Å²) in [4.78, 5) is 29.5. The Labute approximate surface area is 395 Å². The molecule has 1 aliphatic rings. The van der Waals surface area contributed by atoms with Crippen LogP contribution in [-0.4, -0.2) is 25.2 Å². The number of hydrogen-bond acceptors (Lipinski definition) is 10. The predicted molar refractivity (Wildman–Crippen MR) is 257 cm³/mol. The van der Waals surface area contributed by atoms with E-state index in [2.05, 4.69) is 0 Å². The highest BCUT2D eigenvalue weighted by Crippen LogP contribution is 2.56. The number of fused-ring (bicyclic) bond motifs is 3. The third-order valence-corrected chi connectivity index (χ3v) is 11.0. The van der Waals surface area contributed by atoms with E-state index >= 15 is 0 Å². The van der Waals surface area contributed by atoms with E-state index in [4.69, 9.17) is 37.9 Å². The monoisotopic (exact) mass is 904 g/mol. The summed E-state index contributed by atoms with van der Waals surface area (Å²) in [6.45, 7) is 0.0569. The van der Waals surface area contributed by atoms with E-state index < -0.39 is 11.9 Å². The molecule has 8 aromatic carbocycles. The van der Waals surface area contributed by atoms with Crippen molar-refractivity contribution in [3.63, 3.8) is 0 Å². The number of benzene rings is 8. The SMILES string of the molecule is O=C1OCCOC(=O)c2cc(OCc3ccccc3)c(OCc3ccccc3)c(OCc3ccccc3)c2-c2c1cc(OCc1ccccc1)c(OCc1ccccc1)c2OCc1ccccc1. The molecule has 0 radical (unpaired) electrons. The lowest BCUT2D eigenvalue weighted by molar-refractivity contribution is 0.0262. The molecular formula is C58H48O10. The van der Waals surface area contributed by atoms with Gasteiger partial charge in [-0.1, -0.05) is 182 Å². The van der Waals surface area contributed by atoms with Crippen molar-refractivity contribution < 1.29 is 47.5 Å². The molecule has 0 N–H and O–H groups in total. The van der Waals surface area contributed by atoms with Crippen molar-refractivity contribution >= 4 is 11.9 Å². The number of esters is 2. The second-order valence-electron chi connectivity index (χ2n) is 15.8. The summed E-state index contributed by atoms with van der Waals surface area (Å²) < 4.78 is 52.4. The van der Waals surface area contributed by atoms with Gasteiger partial charge in [-0.15, -0.1) is 0 Å². The van der Waals surface area contributed by atoms with Gasteiger partial charge in [0.1, 0.15) is 52.9 Å². The lowest BCUT2D eigenvalue weighted by Crippen LogP contribution is -2.20. The molecule has 0 fully saturated rings. The average Bonchev–Trinajstić information content (AvgIpc) is 3.39. The molecule has 1 aliphatic heterocycles. The molecule has 0 saturated heterocycles. The Balaban J connectivity index is 1.33. The van der Waals surface area contributed by atoms with E-state index in [-0.39, 0.29) is 110 Å². The molecule has 0 aliphatic carbocycles. The summed E-state index contributed by atoms with van der Waals surface area (Å²) in [6, 6.07) is 61.0. The Morgan fingerprint density at radius 3 is 0.809 bits per heavy atom. The maximum atomic E-state index is 14.8. The van der Waals surface area contributed by atoms with Crippen LogP contribution in [-0.2, 0) is 49.1 Å². The summed E-state index contributed by atoms with van der Waals surface area (Å²) >= 11 is 0. The third kappa shape index (κ3) is 11.1. The first-order valence-corrected chi connectivity index (χ1v) is 22.3. The third-order valence-electron chi connectivity index (χ3n) is 11.0. The Kier molecular flexibility index (Phi) is 14.5. The summed E-state index contributed by atoms with van der Waals surface area (Å²) in [5, 5.41) is 0. The van der Waals surface area contributed by atoms with Gasteiger partial charge in [0.05, 0.1) is 11.1 Å². The molecule has 1 heterocycles. The van der Waals surface area contributed by atoms with E-state index in [0.29, 0.717) is 0 Å². The summed E-state index contributed by atoms with van der Waals surface area (Å²) in [6.07, 6.45) is 0. The number of carbonyl (C=O) groups excluding carboxylic acids is 2. The first-order chi connectivity index (χ1) is 33.6. The van der Waals surface area contributed by atoms with Crippen LogP contribution < -0.4 is 28.4 Å². The molecule has 8 aromatic rings. The highest BCUT2D eigenvalue weighted by atomic mass is 16.6. The van der Waals surface area contributed by atoms with Gasteiger partial charge in [-0.2, -0.15) is 0 Å². The predicted octanol–water partition coefficient (Wildman–Crippen LogP) is 12.2. The molecule has 68 heavy (non-hydrogen) atoms. The van der Waals surface area contributed by atoms with Gasteiger partial charge < -0.3 is 37.9 Å². The van der Waals surface area contributed by atoms with Crippen molar-refractivity contribution in [2.75, 3.05) is 13.2 Å². The quantitative estimate of drug-likeness (QED) is 0.0772. The maximum absolute atomic E-state index is 14.8. The second-order valence-corrected chi connectivity index (χ2v) is 15.8. The molecule has 10 nitrogen and oxygen atoms in total. The van der Waals surface area contributed by atoms with E-state index in [9.17, 15) is 9.59 Å². The van der Waals surface area contributed by atoms with Crippen LogP contribution in [0.5, 0.6) is 34.5 Å². The van der Waals surface area contributed by atoms with Crippen LogP contribution in [0.15, 0.2) is 194 Å². The number of carbonyl (C=O) groups is 2. The largest absolute Gasteiger partial charge is 0.485 e. The first-order valence-electron chi connectivity index (χ1n) is 22.3. The van der Waals surface area contributed by atoms with E-state index in [1.807, 2.05) is 182 Å². The smallest absolute Gasteiger partial charge is 0.339 e. The molecule has 0 spiro atoms. The highest BCUT2D eigenvalue weighted by Gasteiger charge is 2.36. The minimum absolute atomic E-state index is 0.0238. The Morgan fingerprint density at radius 2 is 0.544 bits per heavy atom. The van der Waals surface area contributed by atoms with Crippen LogP contribution >= 0.6 is 0 Å². The van der Waals surface area contributed by atoms with Crippen LogP contribution in [0.4, 0.5) is 0 Å². The van der Waals surface area contributed by atoms with Gasteiger partial charge in [-0.25, -0.2) is 9.59 Å². The van der Waals surface area contributed by atoms with Gasteiger partial charge in [0.25, 0.3) is 0 Å². The normalized spacial score (nSPS) is 12.1. The summed E-state index contributed by atoms with van der Waals surface area (Å²) in [7, 11) is 0. The molecule has 340 valence electrons. The minimum atomic E-state index is -0.724. The van der Waals surface area contributed by atoms with Gasteiger partial charge >= 0.3 is 11.9 Å². The standard InChI is InChI=1S/C58H48O10/c59-57-47-33-49(63-35-41-19-7-1-8-20-41)53(65-37-43-23-11-3-12-24-43)55(67-39-45-27-15-5-16-28-45)51(47)52-48(58(60)62-32-31-61-57)34-50(64-36-42-21-9-2-10-22-42)54(66-38-44-25-13-4-14-26-44)56(52)68-40-46-29-17-6-18-30-46/h1-30,33-34H,31-32,35-40H2. The minimum Gasteiger partial charge on any atom is -0.485 e. The van der Waals surface area contributed by atoms with Crippen LogP contribution in [0.2, 0.25) is 0 Å². The zero-order valence-corrected chi connectivity index (χ0v) is 37.2. The number of rotatable bonds is 18. The van der Waals surface area contributed by atoms with Crippen LogP contribution in [0.3, 0.4) is 0 Å². The summed E-state index contributed by atoms with van der Waals surface area (Å²) in [5.41, 5.74) is 5.45. The second kappa shape index (κ2) is 22.1. The molecule has 0 atom stereocenters. The van der Waals surface area contributed by atoms with E-state index in [0.717, 1.165) is 33.4 Å². The van der Waals surface area contributed by atoms with Gasteiger partial charge in [0.15, 0.2) is 23.0 Å². The molecular weight excluding hydrogens is 857 g/mol. The highest BCUT2D eigenvalue weighted by molar-refractivity contribution is 6.08. The first kappa shape index (κ1) is 44.7. The molecule has 0 aromatic heterocycles. The molecule has 0 saturated carbocycles. The van der Waals surface area contributed by atoms with Crippen LogP contribution in [0.1, 0.15) is 54.1 Å². The van der Waals surface area contributed by atoms with Crippen molar-refractivity contribution in [1.82, 2.24) is 0 Å². The maximum Gasteiger partial charge on any atom is 0.339 e. The van der Waals surface area contributed by atoms with Crippen molar-refractivity contribution in [2.45, 2.75) is 39.6 Å². The number of cyclic esters (lactones) is 2. The fraction of sp³-hybridized carbons (Fsp3) is 0.138. The molecule has 0 amide bonds. The zero-order chi connectivity index (χ0) is 46.3. The Bertz CT molecular complexity index is 2710. The molecule has 9 rings (SSSR count). The average molecular weight is 905 g/mol. The Morgan fingerprint density at radius 1 is 0.309 bits per heavy atom. The van der Waals surface area contributed by atoms with Crippen molar-refractivity contribution in [1.29, 1.82) is 0 Å². The van der Waals surface area contributed by atoms with Crippen molar-refractivity contribution in [3.8, 4) is 45.6 Å². The molecule has 10 heteroatoms. The van der Waals surface area contributed by atoms with Crippen LogP contribution in [0.25, 0.3) is 11.1 Å². The van der Waals surface area contributed by atoms with Gasteiger partial charge in [0.2, 0.25) is 11.5 Å². The fourth-order valence-electron chi connectivity index (χ4n) is 7.63. The fourth-order valence-corrected chi connectivity index (χ4v) is 7.63. The lowest BCUT2D eigenvalue weighted by atomic mass is 9.91. The van der Waals surface area contributed by atoms with Gasteiger partial charge in [0, 0.05) is 11.1 Å². The Hall–Kier alpha value is -8.50. The van der Waals surface area contributed by atoms with E-state index in [1.165, 1.54) is 0 Å². The van der Waals surface area contributed by atoms with Crippen LogP contribution in [0, 0.1) is 0 Å². The van der Waals surface area contributed by atoms with Crippen molar-refractivity contribution in [3.05, 3.63) is 239 Å². The molecule has 0 bridgehead atoms. The van der Waals surface area contributed by atoms with E-state index in [1.54, 1.807) is 12.1 Å². The molecule has 0 unspecified atom stereocenters. The van der Waals surface area contributed by atoms with Crippen molar-refractivity contribution in [2.24, 2.45) is 0 Å². The lowest BCUT2D eigenvalue weighted by Gasteiger charge is -2.27. The van der Waals surface area contributed by atoms with Gasteiger partial charge in [-0.05, 0) is 45.5 Å². The summed E-state index contributed by atoms with van der Waals surface area (Å²) in [5.74, 6) is -0.500. The topological polar surface area (TPSA) is 108 Å². The zero-order valence-electron chi connectivity index (χ0n) is 37.2.